The first-order chi connectivity index (χ1) is 10.5. The van der Waals surface area contributed by atoms with E-state index in [1.807, 2.05) is 19.9 Å². The van der Waals surface area contributed by atoms with Gasteiger partial charge in [-0.25, -0.2) is 4.79 Å². The molecule has 0 spiro atoms. The summed E-state index contributed by atoms with van der Waals surface area (Å²) in [5.74, 6) is -0.918. The SMILES string of the molecule is Cc1cccc(C(=O)OCC(=O)Nc2ccc(Cl)cc2C)c1. The van der Waals surface area contributed by atoms with Crippen LogP contribution >= 0.6 is 11.6 Å². The normalized spacial score (nSPS) is 10.1. The van der Waals surface area contributed by atoms with Gasteiger partial charge in [-0.05, 0) is 49.7 Å². The predicted octanol–water partition coefficient (Wildman–Crippen LogP) is 3.75. The van der Waals surface area contributed by atoms with Gasteiger partial charge in [-0.3, -0.25) is 4.79 Å². The lowest BCUT2D eigenvalue weighted by Crippen LogP contribution is -2.21. The molecule has 0 fully saturated rings. The molecule has 0 aromatic heterocycles. The average molecular weight is 318 g/mol. The lowest BCUT2D eigenvalue weighted by molar-refractivity contribution is -0.119. The van der Waals surface area contributed by atoms with Gasteiger partial charge >= 0.3 is 5.97 Å². The highest BCUT2D eigenvalue weighted by molar-refractivity contribution is 6.30. The Bertz CT molecular complexity index is 713. The average Bonchev–Trinajstić information content (AvgIpc) is 2.47. The molecule has 114 valence electrons. The number of halogens is 1. The van der Waals surface area contributed by atoms with Crippen molar-refractivity contribution in [2.24, 2.45) is 0 Å². The summed E-state index contributed by atoms with van der Waals surface area (Å²) in [6, 6.07) is 12.1. The van der Waals surface area contributed by atoms with Crippen LogP contribution in [0.1, 0.15) is 21.5 Å². The maximum Gasteiger partial charge on any atom is 0.338 e. The van der Waals surface area contributed by atoms with Crippen LogP contribution in [0.3, 0.4) is 0 Å². The molecule has 2 aromatic carbocycles. The van der Waals surface area contributed by atoms with Crippen LogP contribution in [0.5, 0.6) is 0 Å². The Balaban J connectivity index is 1.91. The number of hydrogen-bond acceptors (Lipinski definition) is 3. The number of carbonyl (C=O) groups excluding carboxylic acids is 2. The Labute approximate surface area is 134 Å². The van der Waals surface area contributed by atoms with Gasteiger partial charge < -0.3 is 10.1 Å². The van der Waals surface area contributed by atoms with E-state index in [4.69, 9.17) is 16.3 Å². The highest BCUT2D eigenvalue weighted by atomic mass is 35.5. The summed E-state index contributed by atoms with van der Waals surface area (Å²) >= 11 is 5.85. The topological polar surface area (TPSA) is 55.4 Å². The quantitative estimate of drug-likeness (QED) is 0.874. The summed E-state index contributed by atoms with van der Waals surface area (Å²) in [7, 11) is 0. The second-order valence-corrected chi connectivity index (χ2v) is 5.39. The van der Waals surface area contributed by atoms with E-state index in [1.54, 1.807) is 36.4 Å². The smallest absolute Gasteiger partial charge is 0.338 e. The molecule has 0 heterocycles. The van der Waals surface area contributed by atoms with E-state index in [0.29, 0.717) is 16.3 Å². The van der Waals surface area contributed by atoms with Crippen LogP contribution in [0.2, 0.25) is 5.02 Å². The molecule has 4 nitrogen and oxygen atoms in total. The van der Waals surface area contributed by atoms with Gasteiger partial charge in [-0.1, -0.05) is 29.3 Å². The Hall–Kier alpha value is -2.33. The fraction of sp³-hybridized carbons (Fsp3) is 0.176. The van der Waals surface area contributed by atoms with Crippen LogP contribution in [-0.2, 0) is 9.53 Å². The first kappa shape index (κ1) is 16.0. The van der Waals surface area contributed by atoms with Crippen molar-refractivity contribution >= 4 is 29.2 Å². The number of benzene rings is 2. The van der Waals surface area contributed by atoms with Gasteiger partial charge in [-0.2, -0.15) is 0 Å². The van der Waals surface area contributed by atoms with Gasteiger partial charge in [0.2, 0.25) is 0 Å². The third-order valence-electron chi connectivity index (χ3n) is 3.05. The molecule has 0 unspecified atom stereocenters. The first-order valence-corrected chi connectivity index (χ1v) is 7.13. The summed E-state index contributed by atoms with van der Waals surface area (Å²) in [4.78, 5) is 23.7. The van der Waals surface area contributed by atoms with Gasteiger partial charge in [0.05, 0.1) is 5.56 Å². The lowest BCUT2D eigenvalue weighted by atomic mass is 10.1. The van der Waals surface area contributed by atoms with Gasteiger partial charge in [0, 0.05) is 10.7 Å². The van der Waals surface area contributed by atoms with E-state index in [9.17, 15) is 9.59 Å². The molecule has 0 radical (unpaired) electrons. The van der Waals surface area contributed by atoms with Gasteiger partial charge in [0.25, 0.3) is 5.91 Å². The lowest BCUT2D eigenvalue weighted by Gasteiger charge is -2.09. The molecule has 0 saturated carbocycles. The summed E-state index contributed by atoms with van der Waals surface area (Å²) in [5, 5.41) is 3.28. The van der Waals surface area contributed by atoms with Gasteiger partial charge in [0.15, 0.2) is 6.61 Å². The fourth-order valence-electron chi connectivity index (χ4n) is 1.94. The Morgan fingerprint density at radius 3 is 2.59 bits per heavy atom. The minimum atomic E-state index is -0.522. The van der Waals surface area contributed by atoms with Crippen molar-refractivity contribution in [3.63, 3.8) is 0 Å². The van der Waals surface area contributed by atoms with E-state index >= 15 is 0 Å². The molecular weight excluding hydrogens is 302 g/mol. The standard InChI is InChI=1S/C17H16ClNO3/c1-11-4-3-5-13(8-11)17(21)22-10-16(20)19-15-7-6-14(18)9-12(15)2/h3-9H,10H2,1-2H3,(H,19,20). The second-order valence-electron chi connectivity index (χ2n) is 4.95. The molecule has 22 heavy (non-hydrogen) atoms. The second kappa shape index (κ2) is 7.09. The van der Waals surface area contributed by atoms with Crippen molar-refractivity contribution in [2.45, 2.75) is 13.8 Å². The number of anilines is 1. The van der Waals surface area contributed by atoms with Crippen molar-refractivity contribution < 1.29 is 14.3 Å². The third-order valence-corrected chi connectivity index (χ3v) is 3.29. The highest BCUT2D eigenvalue weighted by Crippen LogP contribution is 2.19. The first-order valence-electron chi connectivity index (χ1n) is 6.75. The molecule has 0 bridgehead atoms. The summed E-state index contributed by atoms with van der Waals surface area (Å²) in [6.07, 6.45) is 0. The zero-order valence-corrected chi connectivity index (χ0v) is 13.1. The van der Waals surface area contributed by atoms with Crippen LogP contribution < -0.4 is 5.32 Å². The zero-order chi connectivity index (χ0) is 16.1. The Kier molecular flexibility index (Phi) is 5.17. The van der Waals surface area contributed by atoms with Crippen molar-refractivity contribution in [3.8, 4) is 0 Å². The molecule has 1 amide bonds. The molecular formula is C17H16ClNO3. The molecule has 0 aliphatic rings. The van der Waals surface area contributed by atoms with Gasteiger partial charge in [-0.15, -0.1) is 0 Å². The Morgan fingerprint density at radius 2 is 1.91 bits per heavy atom. The maximum atomic E-state index is 11.8. The summed E-state index contributed by atoms with van der Waals surface area (Å²) < 4.78 is 5.00. The zero-order valence-electron chi connectivity index (χ0n) is 12.4. The molecule has 0 saturated heterocycles. The molecule has 0 aliphatic carbocycles. The van der Waals surface area contributed by atoms with E-state index in [2.05, 4.69) is 5.32 Å². The van der Waals surface area contributed by atoms with Crippen molar-refractivity contribution in [1.82, 2.24) is 0 Å². The number of amides is 1. The molecule has 5 heteroatoms. The molecule has 0 aliphatic heterocycles. The van der Waals surface area contributed by atoms with E-state index < -0.39 is 11.9 Å². The van der Waals surface area contributed by atoms with Crippen LogP contribution in [0, 0.1) is 13.8 Å². The molecule has 1 N–H and O–H groups in total. The molecule has 2 rings (SSSR count). The maximum absolute atomic E-state index is 11.8. The number of nitrogens with one attached hydrogen (secondary N) is 1. The largest absolute Gasteiger partial charge is 0.452 e. The minimum absolute atomic E-state index is 0.338. The third kappa shape index (κ3) is 4.33. The van der Waals surface area contributed by atoms with E-state index in [1.165, 1.54) is 0 Å². The summed E-state index contributed by atoms with van der Waals surface area (Å²) in [6.45, 7) is 3.38. The number of rotatable bonds is 4. The van der Waals surface area contributed by atoms with E-state index in [0.717, 1.165) is 11.1 Å². The highest BCUT2D eigenvalue weighted by Gasteiger charge is 2.11. The number of esters is 1. The number of aryl methyl sites for hydroxylation is 2. The monoisotopic (exact) mass is 317 g/mol. The van der Waals surface area contributed by atoms with Crippen LogP contribution in [-0.4, -0.2) is 18.5 Å². The van der Waals surface area contributed by atoms with E-state index in [-0.39, 0.29) is 6.61 Å². The van der Waals surface area contributed by atoms with Crippen molar-refractivity contribution in [1.29, 1.82) is 0 Å². The summed E-state index contributed by atoms with van der Waals surface area (Å²) in [5.41, 5.74) is 2.86. The van der Waals surface area contributed by atoms with Gasteiger partial charge in [0.1, 0.15) is 0 Å². The number of hydrogen-bond donors (Lipinski definition) is 1. The van der Waals surface area contributed by atoms with Crippen molar-refractivity contribution in [3.05, 3.63) is 64.2 Å². The molecule has 2 aromatic rings. The Morgan fingerprint density at radius 1 is 1.14 bits per heavy atom. The van der Waals surface area contributed by atoms with Crippen LogP contribution in [0.15, 0.2) is 42.5 Å². The predicted molar refractivity (Wildman–Crippen MR) is 86.3 cm³/mol. The number of ether oxygens (including phenoxy) is 1. The fourth-order valence-corrected chi connectivity index (χ4v) is 2.17. The molecule has 0 atom stereocenters. The minimum Gasteiger partial charge on any atom is -0.452 e. The van der Waals surface area contributed by atoms with Crippen molar-refractivity contribution in [2.75, 3.05) is 11.9 Å². The van der Waals surface area contributed by atoms with Crippen LogP contribution in [0.4, 0.5) is 5.69 Å². The number of carbonyl (C=O) groups is 2. The van der Waals surface area contributed by atoms with Crippen LogP contribution in [0.25, 0.3) is 0 Å².